The van der Waals surface area contributed by atoms with Crippen molar-refractivity contribution >= 4 is 0 Å². The quantitative estimate of drug-likeness (QED) is 0.811. The van der Waals surface area contributed by atoms with Crippen molar-refractivity contribution in [3.05, 3.63) is 22.1 Å². The summed E-state index contributed by atoms with van der Waals surface area (Å²) in [6.45, 7) is 6.31. The Labute approximate surface area is 96.0 Å². The lowest BCUT2D eigenvalue weighted by molar-refractivity contribution is 0.338. The zero-order chi connectivity index (χ0) is 11.5. The van der Waals surface area contributed by atoms with Crippen LogP contribution in [0.25, 0.3) is 0 Å². The Kier molecular flexibility index (Phi) is 3.49. The maximum absolute atomic E-state index is 11.8. The lowest BCUT2D eigenvalue weighted by Crippen LogP contribution is -2.35. The second-order valence-electron chi connectivity index (χ2n) is 5.09. The molecule has 4 heteroatoms. The molecule has 1 unspecified atom stereocenters. The van der Waals surface area contributed by atoms with Gasteiger partial charge in [0.1, 0.15) is 0 Å². The van der Waals surface area contributed by atoms with Crippen molar-refractivity contribution in [2.45, 2.75) is 39.2 Å². The first-order valence-corrected chi connectivity index (χ1v) is 6.18. The summed E-state index contributed by atoms with van der Waals surface area (Å²) in [5, 5.41) is 6.58. The van der Waals surface area contributed by atoms with Crippen molar-refractivity contribution in [1.29, 1.82) is 0 Å². The van der Waals surface area contributed by atoms with E-state index in [2.05, 4.69) is 24.3 Å². The summed E-state index contributed by atoms with van der Waals surface area (Å²) in [5.74, 6) is 0.580. The second-order valence-corrected chi connectivity index (χ2v) is 5.09. The number of hydrogen-bond donors (Lipinski definition) is 2. The third kappa shape index (κ3) is 2.55. The van der Waals surface area contributed by atoms with Crippen LogP contribution in [0.15, 0.2) is 10.9 Å². The van der Waals surface area contributed by atoms with E-state index in [0.717, 1.165) is 38.0 Å². The van der Waals surface area contributed by atoms with Crippen LogP contribution < -0.4 is 10.9 Å². The highest BCUT2D eigenvalue weighted by atomic mass is 16.1. The van der Waals surface area contributed by atoms with Crippen LogP contribution in [0.5, 0.6) is 0 Å². The third-order valence-corrected chi connectivity index (χ3v) is 3.06. The molecule has 0 aliphatic carbocycles. The number of rotatable bonds is 3. The van der Waals surface area contributed by atoms with Gasteiger partial charge < -0.3 is 5.32 Å². The number of aromatic amines is 1. The van der Waals surface area contributed by atoms with Gasteiger partial charge in [0.2, 0.25) is 0 Å². The molecule has 1 aliphatic rings. The van der Waals surface area contributed by atoms with E-state index in [9.17, 15) is 4.79 Å². The highest BCUT2D eigenvalue weighted by Gasteiger charge is 2.17. The zero-order valence-corrected chi connectivity index (χ0v) is 10.1. The molecule has 0 aromatic carbocycles. The van der Waals surface area contributed by atoms with Gasteiger partial charge in [-0.3, -0.25) is 9.89 Å². The van der Waals surface area contributed by atoms with Crippen molar-refractivity contribution < 1.29 is 0 Å². The fourth-order valence-electron chi connectivity index (χ4n) is 2.33. The van der Waals surface area contributed by atoms with Crippen LogP contribution in [0.4, 0.5) is 0 Å². The Hall–Kier alpha value is -1.03. The predicted molar refractivity (Wildman–Crippen MR) is 64.7 cm³/mol. The van der Waals surface area contributed by atoms with Crippen molar-refractivity contribution in [1.82, 2.24) is 15.1 Å². The van der Waals surface area contributed by atoms with Gasteiger partial charge in [-0.2, -0.15) is 0 Å². The van der Waals surface area contributed by atoms with Crippen LogP contribution in [-0.4, -0.2) is 22.9 Å². The molecule has 1 aromatic heterocycles. The smallest absolute Gasteiger partial charge is 0.267 e. The van der Waals surface area contributed by atoms with Gasteiger partial charge in [0.25, 0.3) is 5.56 Å². The van der Waals surface area contributed by atoms with E-state index in [1.54, 1.807) is 10.7 Å². The van der Waals surface area contributed by atoms with E-state index in [-0.39, 0.29) is 5.56 Å². The van der Waals surface area contributed by atoms with Crippen LogP contribution in [0.2, 0.25) is 0 Å². The number of nitrogens with one attached hydrogen (secondary N) is 2. The number of H-pyrrole nitrogens is 1. The van der Waals surface area contributed by atoms with E-state index in [4.69, 9.17) is 0 Å². The monoisotopic (exact) mass is 223 g/mol. The number of nitrogens with zero attached hydrogens (tertiary/aromatic N) is 1. The molecule has 1 aromatic rings. The molecule has 0 bridgehead atoms. The molecule has 2 rings (SSSR count). The van der Waals surface area contributed by atoms with Crippen LogP contribution in [-0.2, 0) is 6.42 Å². The molecule has 1 fully saturated rings. The molecular formula is C12H21N3O. The second kappa shape index (κ2) is 4.87. The fraction of sp³-hybridized carbons (Fsp3) is 0.750. The van der Waals surface area contributed by atoms with Gasteiger partial charge in [-0.15, -0.1) is 0 Å². The van der Waals surface area contributed by atoms with E-state index in [1.807, 2.05) is 0 Å². The SMILES string of the molecule is CC(C)Cc1cc(=O)n(C2CCCNC2)[nH]1. The molecular weight excluding hydrogens is 202 g/mol. The van der Waals surface area contributed by atoms with Gasteiger partial charge in [-0.05, 0) is 31.7 Å². The minimum atomic E-state index is 0.115. The molecule has 0 amide bonds. The average Bonchev–Trinajstić information content (AvgIpc) is 2.60. The zero-order valence-electron chi connectivity index (χ0n) is 10.1. The molecule has 0 spiro atoms. The molecule has 4 nitrogen and oxygen atoms in total. The van der Waals surface area contributed by atoms with Crippen molar-refractivity contribution in [2.24, 2.45) is 5.92 Å². The molecule has 2 heterocycles. The molecule has 0 radical (unpaired) electrons. The number of piperidine rings is 1. The van der Waals surface area contributed by atoms with Gasteiger partial charge >= 0.3 is 0 Å². The normalized spacial score (nSPS) is 21.6. The van der Waals surface area contributed by atoms with E-state index in [1.165, 1.54) is 0 Å². The summed E-state index contributed by atoms with van der Waals surface area (Å²) in [5.41, 5.74) is 1.18. The summed E-state index contributed by atoms with van der Waals surface area (Å²) < 4.78 is 1.80. The first-order valence-electron chi connectivity index (χ1n) is 6.18. The Morgan fingerprint density at radius 3 is 3.00 bits per heavy atom. The summed E-state index contributed by atoms with van der Waals surface area (Å²) in [7, 11) is 0. The van der Waals surface area contributed by atoms with Crippen LogP contribution in [0, 0.1) is 5.92 Å². The van der Waals surface area contributed by atoms with Gasteiger partial charge in [0.05, 0.1) is 6.04 Å². The molecule has 90 valence electrons. The third-order valence-electron chi connectivity index (χ3n) is 3.06. The number of aromatic nitrogens is 2. The van der Waals surface area contributed by atoms with Crippen LogP contribution in [0.3, 0.4) is 0 Å². The molecule has 1 saturated heterocycles. The lowest BCUT2D eigenvalue weighted by atomic mass is 10.1. The van der Waals surface area contributed by atoms with E-state index >= 15 is 0 Å². The Balaban J connectivity index is 2.14. The molecule has 1 atom stereocenters. The average molecular weight is 223 g/mol. The summed E-state index contributed by atoms with van der Waals surface area (Å²) >= 11 is 0. The maximum Gasteiger partial charge on any atom is 0.267 e. The van der Waals surface area contributed by atoms with Crippen molar-refractivity contribution in [3.63, 3.8) is 0 Å². The standard InChI is InChI=1S/C12H21N3O/c1-9(2)6-10-7-12(16)15(14-10)11-4-3-5-13-8-11/h7,9,11,13-14H,3-6,8H2,1-2H3. The first-order chi connectivity index (χ1) is 7.66. The van der Waals surface area contributed by atoms with Gasteiger partial charge in [-0.1, -0.05) is 13.8 Å². The van der Waals surface area contributed by atoms with E-state index in [0.29, 0.717) is 12.0 Å². The Morgan fingerprint density at radius 2 is 2.38 bits per heavy atom. The Bertz CT molecular complexity index is 385. The van der Waals surface area contributed by atoms with Gasteiger partial charge in [0.15, 0.2) is 0 Å². The van der Waals surface area contributed by atoms with Crippen LogP contribution >= 0.6 is 0 Å². The van der Waals surface area contributed by atoms with Crippen molar-refractivity contribution in [2.75, 3.05) is 13.1 Å². The van der Waals surface area contributed by atoms with E-state index < -0.39 is 0 Å². The minimum absolute atomic E-state index is 0.115. The molecule has 0 saturated carbocycles. The van der Waals surface area contributed by atoms with Gasteiger partial charge in [0, 0.05) is 18.3 Å². The summed E-state index contributed by atoms with van der Waals surface area (Å²) in [4.78, 5) is 11.8. The largest absolute Gasteiger partial charge is 0.315 e. The molecule has 1 aliphatic heterocycles. The predicted octanol–water partition coefficient (Wildman–Crippen LogP) is 1.30. The van der Waals surface area contributed by atoms with Crippen LogP contribution in [0.1, 0.15) is 38.4 Å². The topological polar surface area (TPSA) is 49.8 Å². The molecule has 16 heavy (non-hydrogen) atoms. The lowest BCUT2D eigenvalue weighted by Gasteiger charge is -2.23. The maximum atomic E-state index is 11.8. The van der Waals surface area contributed by atoms with Crippen molar-refractivity contribution in [3.8, 4) is 0 Å². The molecule has 2 N–H and O–H groups in total. The highest BCUT2D eigenvalue weighted by Crippen LogP contribution is 2.14. The van der Waals surface area contributed by atoms with Gasteiger partial charge in [-0.25, -0.2) is 4.68 Å². The summed E-state index contributed by atoms with van der Waals surface area (Å²) in [6, 6.07) is 2.05. The summed E-state index contributed by atoms with van der Waals surface area (Å²) in [6.07, 6.45) is 3.19. The fourth-order valence-corrected chi connectivity index (χ4v) is 2.33. The minimum Gasteiger partial charge on any atom is -0.315 e. The highest BCUT2D eigenvalue weighted by molar-refractivity contribution is 5.01. The first kappa shape index (κ1) is 11.5. The number of hydrogen-bond acceptors (Lipinski definition) is 2. The Morgan fingerprint density at radius 1 is 1.56 bits per heavy atom.